The molecule has 5 rings (SSSR count). The number of carbonyl (C=O) groups is 1. The van der Waals surface area contributed by atoms with E-state index >= 15 is 0 Å². The van der Waals surface area contributed by atoms with E-state index < -0.39 is 0 Å². The number of halogens is 1. The summed E-state index contributed by atoms with van der Waals surface area (Å²) in [6.45, 7) is 4.07. The number of aromatic nitrogens is 3. The van der Waals surface area contributed by atoms with Gasteiger partial charge in [-0.2, -0.15) is 9.61 Å². The Morgan fingerprint density at radius 3 is 2.63 bits per heavy atom. The number of hydrogen-bond donors (Lipinski definition) is 1. The number of methoxy groups -OCH3 is 1. The second-order valence-electron chi connectivity index (χ2n) is 8.89. The Bertz CT molecular complexity index is 1340. The van der Waals surface area contributed by atoms with Gasteiger partial charge in [-0.1, -0.05) is 35.9 Å². The highest BCUT2D eigenvalue weighted by atomic mass is 35.5. The lowest BCUT2D eigenvalue weighted by molar-refractivity contribution is -0.125. The fraction of sp³-hybridized carbons (Fsp3) is 0.296. The number of ether oxygens (including phenoxy) is 1. The molecule has 0 atom stereocenters. The van der Waals surface area contributed by atoms with Crippen molar-refractivity contribution in [3.8, 4) is 17.0 Å². The first-order valence-corrected chi connectivity index (χ1v) is 12.2. The number of benzene rings is 2. The van der Waals surface area contributed by atoms with E-state index in [1.54, 1.807) is 7.11 Å². The molecule has 0 unspecified atom stereocenters. The molecular weight excluding hydrogens is 462 g/mol. The van der Waals surface area contributed by atoms with Gasteiger partial charge in [0.2, 0.25) is 5.91 Å². The van der Waals surface area contributed by atoms with Crippen LogP contribution in [-0.2, 0) is 11.3 Å². The maximum atomic E-state index is 12.8. The minimum atomic E-state index is -0.00228. The predicted molar refractivity (Wildman–Crippen MR) is 138 cm³/mol. The van der Waals surface area contributed by atoms with Crippen LogP contribution in [0.3, 0.4) is 0 Å². The number of rotatable bonds is 6. The molecule has 7 nitrogen and oxygen atoms in total. The first kappa shape index (κ1) is 23.2. The average molecular weight is 490 g/mol. The summed E-state index contributed by atoms with van der Waals surface area (Å²) in [7, 11) is 1.64. The Morgan fingerprint density at radius 1 is 1.11 bits per heavy atom. The fourth-order valence-electron chi connectivity index (χ4n) is 4.55. The zero-order chi connectivity index (χ0) is 24.4. The van der Waals surface area contributed by atoms with Crippen molar-refractivity contribution >= 4 is 29.0 Å². The SMILES string of the molecule is COc1cccc(CNC(=O)C2CCN(c3cc(C)nc4cc(-c5ccc(Cl)cc5)nn34)CC2)c1. The van der Waals surface area contributed by atoms with Crippen LogP contribution < -0.4 is 15.0 Å². The van der Waals surface area contributed by atoms with E-state index in [-0.39, 0.29) is 11.8 Å². The molecule has 0 aliphatic carbocycles. The highest BCUT2D eigenvalue weighted by Gasteiger charge is 2.26. The van der Waals surface area contributed by atoms with E-state index in [1.165, 1.54) is 0 Å². The molecule has 180 valence electrons. The molecular formula is C27H28ClN5O2. The quantitative estimate of drug-likeness (QED) is 0.417. The Balaban J connectivity index is 1.27. The summed E-state index contributed by atoms with van der Waals surface area (Å²) in [6, 6.07) is 19.5. The number of carbonyl (C=O) groups excluding carboxylic acids is 1. The highest BCUT2D eigenvalue weighted by molar-refractivity contribution is 6.30. The van der Waals surface area contributed by atoms with Crippen LogP contribution in [0.1, 0.15) is 24.1 Å². The van der Waals surface area contributed by atoms with Gasteiger partial charge in [-0.25, -0.2) is 4.98 Å². The van der Waals surface area contributed by atoms with Gasteiger partial charge in [-0.05, 0) is 49.6 Å². The summed E-state index contributed by atoms with van der Waals surface area (Å²) in [5.41, 5.74) is 4.62. The van der Waals surface area contributed by atoms with Crippen LogP contribution in [0.5, 0.6) is 5.75 Å². The molecule has 0 saturated carbocycles. The van der Waals surface area contributed by atoms with Gasteiger partial charge in [0.1, 0.15) is 11.6 Å². The van der Waals surface area contributed by atoms with Gasteiger partial charge in [0.05, 0.1) is 12.8 Å². The molecule has 0 radical (unpaired) electrons. The highest BCUT2D eigenvalue weighted by Crippen LogP contribution is 2.28. The summed E-state index contributed by atoms with van der Waals surface area (Å²) >= 11 is 6.04. The Kier molecular flexibility index (Phi) is 6.59. The van der Waals surface area contributed by atoms with Crippen molar-refractivity contribution in [1.82, 2.24) is 19.9 Å². The van der Waals surface area contributed by atoms with Crippen molar-refractivity contribution < 1.29 is 9.53 Å². The lowest BCUT2D eigenvalue weighted by Crippen LogP contribution is -2.41. The van der Waals surface area contributed by atoms with Crippen molar-refractivity contribution in [2.24, 2.45) is 5.92 Å². The zero-order valence-corrected chi connectivity index (χ0v) is 20.6. The van der Waals surface area contributed by atoms with Gasteiger partial charge in [0, 0.05) is 54.0 Å². The fourth-order valence-corrected chi connectivity index (χ4v) is 4.68. The molecule has 1 aliphatic rings. The Labute approximate surface area is 209 Å². The van der Waals surface area contributed by atoms with Gasteiger partial charge < -0.3 is 15.0 Å². The summed E-state index contributed by atoms with van der Waals surface area (Å²) < 4.78 is 7.17. The van der Waals surface area contributed by atoms with Crippen LogP contribution in [0.25, 0.3) is 16.9 Å². The molecule has 0 spiro atoms. The molecule has 1 saturated heterocycles. The number of anilines is 1. The van der Waals surface area contributed by atoms with Gasteiger partial charge in [0.15, 0.2) is 5.65 Å². The van der Waals surface area contributed by atoms with Crippen molar-refractivity contribution in [3.63, 3.8) is 0 Å². The standard InChI is InChI=1S/C27H28ClN5O2/c1-18-14-26(33-25(30-18)16-24(31-33)20-6-8-22(28)9-7-20)32-12-10-21(11-13-32)27(34)29-17-19-4-3-5-23(15-19)35-2/h3-9,14-16,21H,10-13,17H2,1-2H3,(H,29,34). The van der Waals surface area contributed by atoms with Gasteiger partial charge in [-0.3, -0.25) is 4.79 Å². The lowest BCUT2D eigenvalue weighted by Gasteiger charge is -2.33. The predicted octanol–water partition coefficient (Wildman–Crippen LogP) is 4.90. The molecule has 1 aliphatic heterocycles. The minimum absolute atomic E-state index is 0.00228. The largest absolute Gasteiger partial charge is 0.497 e. The summed E-state index contributed by atoms with van der Waals surface area (Å²) in [4.78, 5) is 19.8. The molecule has 2 aromatic heterocycles. The smallest absolute Gasteiger partial charge is 0.223 e. The van der Waals surface area contributed by atoms with E-state index in [4.69, 9.17) is 21.4 Å². The van der Waals surface area contributed by atoms with Crippen molar-refractivity contribution in [3.05, 3.63) is 76.9 Å². The molecule has 8 heteroatoms. The van der Waals surface area contributed by atoms with Crippen molar-refractivity contribution in [2.75, 3.05) is 25.1 Å². The number of amides is 1. The molecule has 35 heavy (non-hydrogen) atoms. The molecule has 1 amide bonds. The zero-order valence-electron chi connectivity index (χ0n) is 19.9. The molecule has 3 heterocycles. The number of nitrogens with one attached hydrogen (secondary N) is 1. The molecule has 1 N–H and O–H groups in total. The Morgan fingerprint density at radius 2 is 1.89 bits per heavy atom. The van der Waals surface area contributed by atoms with E-state index in [9.17, 15) is 4.79 Å². The van der Waals surface area contributed by atoms with E-state index in [1.807, 2.05) is 66.0 Å². The number of hydrogen-bond acceptors (Lipinski definition) is 5. The molecule has 4 aromatic rings. The van der Waals surface area contributed by atoms with Crippen molar-refractivity contribution in [1.29, 1.82) is 0 Å². The van der Waals surface area contributed by atoms with Crippen LogP contribution in [0.15, 0.2) is 60.7 Å². The molecule has 2 aromatic carbocycles. The van der Waals surface area contributed by atoms with E-state index in [0.717, 1.165) is 65.7 Å². The van der Waals surface area contributed by atoms with Gasteiger partial charge >= 0.3 is 0 Å². The third-order valence-electron chi connectivity index (χ3n) is 6.47. The minimum Gasteiger partial charge on any atom is -0.497 e. The number of fused-ring (bicyclic) bond motifs is 1. The van der Waals surface area contributed by atoms with E-state index in [2.05, 4.69) is 21.3 Å². The summed E-state index contributed by atoms with van der Waals surface area (Å²) in [6.07, 6.45) is 1.58. The van der Waals surface area contributed by atoms with Crippen LogP contribution >= 0.6 is 11.6 Å². The van der Waals surface area contributed by atoms with E-state index in [0.29, 0.717) is 11.6 Å². The third-order valence-corrected chi connectivity index (χ3v) is 6.72. The lowest BCUT2D eigenvalue weighted by atomic mass is 9.95. The maximum absolute atomic E-state index is 12.8. The monoisotopic (exact) mass is 489 g/mol. The van der Waals surface area contributed by atoms with Crippen LogP contribution in [-0.4, -0.2) is 40.7 Å². The van der Waals surface area contributed by atoms with Crippen LogP contribution in [0.4, 0.5) is 5.82 Å². The number of nitrogens with zero attached hydrogens (tertiary/aromatic N) is 4. The average Bonchev–Trinajstić information content (AvgIpc) is 3.31. The topological polar surface area (TPSA) is 71.8 Å². The van der Waals surface area contributed by atoms with Crippen molar-refractivity contribution in [2.45, 2.75) is 26.3 Å². The van der Waals surface area contributed by atoms with Gasteiger partial charge in [-0.15, -0.1) is 0 Å². The Hall–Kier alpha value is -3.58. The van der Waals surface area contributed by atoms with Crippen LogP contribution in [0.2, 0.25) is 5.02 Å². The second kappa shape index (κ2) is 9.96. The third kappa shape index (κ3) is 5.10. The maximum Gasteiger partial charge on any atom is 0.223 e. The first-order valence-electron chi connectivity index (χ1n) is 11.8. The molecule has 1 fully saturated rings. The summed E-state index contributed by atoms with van der Waals surface area (Å²) in [5, 5.41) is 8.63. The number of aryl methyl sites for hydroxylation is 1. The van der Waals surface area contributed by atoms with Gasteiger partial charge in [0.25, 0.3) is 0 Å². The second-order valence-corrected chi connectivity index (χ2v) is 9.33. The molecule has 0 bridgehead atoms. The number of piperidine rings is 1. The normalized spacial score (nSPS) is 14.3. The summed E-state index contributed by atoms with van der Waals surface area (Å²) in [5.74, 6) is 1.90. The van der Waals surface area contributed by atoms with Crippen LogP contribution in [0, 0.1) is 12.8 Å². The first-order chi connectivity index (χ1) is 17.0.